The Bertz CT molecular complexity index is 1270. The Hall–Kier alpha value is -4.22. The molecule has 2 amide bonds. The lowest BCUT2D eigenvalue weighted by atomic mass is 10.0. The van der Waals surface area contributed by atoms with E-state index < -0.39 is 23.9 Å². The zero-order valence-electron chi connectivity index (χ0n) is 18.1. The highest BCUT2D eigenvalue weighted by Gasteiger charge is 2.31. The first-order valence-corrected chi connectivity index (χ1v) is 11.3. The number of carbonyl (C=O) groups excluding carboxylic acids is 2. The molecular formula is C24H20N2O8S. The van der Waals surface area contributed by atoms with Crippen LogP contribution in [-0.2, 0) is 27.4 Å². The molecule has 1 aromatic heterocycles. The molecule has 1 unspecified atom stereocenters. The number of ether oxygens (including phenoxy) is 2. The van der Waals surface area contributed by atoms with E-state index in [0.717, 1.165) is 11.3 Å². The lowest BCUT2D eigenvalue weighted by Gasteiger charge is -2.23. The summed E-state index contributed by atoms with van der Waals surface area (Å²) in [5.74, 6) is -3.39. The quantitative estimate of drug-likeness (QED) is 0.364. The Morgan fingerprint density at radius 3 is 2.34 bits per heavy atom. The Labute approximate surface area is 203 Å². The maximum Gasteiger partial charge on any atom is 0.394 e. The van der Waals surface area contributed by atoms with Gasteiger partial charge in [0.25, 0.3) is 5.91 Å². The van der Waals surface area contributed by atoms with Crippen molar-refractivity contribution in [2.45, 2.75) is 19.1 Å². The van der Waals surface area contributed by atoms with Crippen LogP contribution in [0.2, 0.25) is 0 Å². The molecule has 0 saturated carbocycles. The van der Waals surface area contributed by atoms with Crippen LogP contribution in [0.5, 0.6) is 11.5 Å². The molecular weight excluding hydrogens is 476 g/mol. The summed E-state index contributed by atoms with van der Waals surface area (Å²) in [6.45, 7) is 0.210. The maximum absolute atomic E-state index is 12.6. The highest BCUT2D eigenvalue weighted by Crippen LogP contribution is 2.37. The second-order valence-electron chi connectivity index (χ2n) is 7.56. The van der Waals surface area contributed by atoms with E-state index in [4.69, 9.17) is 14.6 Å². The largest absolute Gasteiger partial charge is 0.478 e. The molecule has 0 spiro atoms. The molecule has 0 saturated heterocycles. The van der Waals surface area contributed by atoms with Crippen LogP contribution in [0.4, 0.5) is 5.00 Å². The van der Waals surface area contributed by atoms with E-state index in [0.29, 0.717) is 27.5 Å². The van der Waals surface area contributed by atoms with Crippen molar-refractivity contribution in [1.29, 1.82) is 0 Å². The Kier molecular flexibility index (Phi) is 7.09. The van der Waals surface area contributed by atoms with Crippen molar-refractivity contribution in [2.75, 3.05) is 11.9 Å². The van der Waals surface area contributed by atoms with Crippen LogP contribution in [-0.4, -0.2) is 46.6 Å². The number of nitrogens with one attached hydrogen (secondary N) is 2. The van der Waals surface area contributed by atoms with Gasteiger partial charge < -0.3 is 30.3 Å². The van der Waals surface area contributed by atoms with Gasteiger partial charge in [0.1, 0.15) is 16.5 Å². The van der Waals surface area contributed by atoms with Crippen LogP contribution >= 0.6 is 11.3 Å². The van der Waals surface area contributed by atoms with E-state index in [2.05, 4.69) is 10.6 Å². The third kappa shape index (κ3) is 5.65. The molecule has 0 aliphatic carbocycles. The smallest absolute Gasteiger partial charge is 0.394 e. The van der Waals surface area contributed by atoms with Gasteiger partial charge in [-0.1, -0.05) is 18.2 Å². The summed E-state index contributed by atoms with van der Waals surface area (Å²) in [6.07, 6.45) is -0.316. The number of hydrogen-bond acceptors (Lipinski definition) is 7. The lowest BCUT2D eigenvalue weighted by Crippen LogP contribution is -2.36. The highest BCUT2D eigenvalue weighted by atomic mass is 32.1. The van der Waals surface area contributed by atoms with Crippen molar-refractivity contribution >= 4 is 40.1 Å². The van der Waals surface area contributed by atoms with E-state index in [1.165, 1.54) is 0 Å². The van der Waals surface area contributed by atoms with Gasteiger partial charge in [0.2, 0.25) is 0 Å². The van der Waals surface area contributed by atoms with Crippen molar-refractivity contribution < 1.29 is 38.9 Å². The number of benzene rings is 2. The third-order valence-electron chi connectivity index (χ3n) is 5.19. The van der Waals surface area contributed by atoms with Gasteiger partial charge in [-0.05, 0) is 42.0 Å². The molecule has 0 radical (unpaired) electrons. The fourth-order valence-electron chi connectivity index (χ4n) is 3.53. The number of aliphatic carboxylic acids is 1. The van der Waals surface area contributed by atoms with Gasteiger partial charge in [-0.3, -0.25) is 9.59 Å². The summed E-state index contributed by atoms with van der Waals surface area (Å²) < 4.78 is 11.4. The third-order valence-corrected chi connectivity index (χ3v) is 6.31. The van der Waals surface area contributed by atoms with Crippen LogP contribution in [0.15, 0.2) is 54.6 Å². The summed E-state index contributed by atoms with van der Waals surface area (Å²) in [7, 11) is 0. The number of amides is 2. The monoisotopic (exact) mass is 496 g/mol. The molecule has 35 heavy (non-hydrogen) atoms. The SMILES string of the molecule is O=C(O)C(=O)Nc1sc2c(c1C(=O)O)CC(CNC(=O)c1ccc(Oc3ccccc3)cc1)OC2. The number of thiophene rings is 1. The average Bonchev–Trinajstić information content (AvgIpc) is 3.20. The van der Waals surface area contributed by atoms with E-state index in [-0.39, 0.29) is 36.0 Å². The molecule has 2 heterocycles. The molecule has 1 atom stereocenters. The first-order chi connectivity index (χ1) is 16.8. The average molecular weight is 496 g/mol. The van der Waals surface area contributed by atoms with Gasteiger partial charge in [-0.25, -0.2) is 9.59 Å². The number of anilines is 1. The summed E-state index contributed by atoms with van der Waals surface area (Å²) in [6, 6.07) is 15.9. The fourth-order valence-corrected chi connectivity index (χ4v) is 4.67. The van der Waals surface area contributed by atoms with Gasteiger partial charge in [-0.15, -0.1) is 11.3 Å². The first kappa shape index (κ1) is 23.9. The lowest BCUT2D eigenvalue weighted by molar-refractivity contribution is -0.147. The Morgan fingerprint density at radius 1 is 1.00 bits per heavy atom. The maximum atomic E-state index is 12.6. The van der Waals surface area contributed by atoms with Gasteiger partial charge >= 0.3 is 17.8 Å². The van der Waals surface area contributed by atoms with Crippen LogP contribution in [0, 0.1) is 0 Å². The minimum Gasteiger partial charge on any atom is -0.478 e. The van der Waals surface area contributed by atoms with Gasteiger partial charge in [0.15, 0.2) is 0 Å². The minimum absolute atomic E-state index is 0.0546. The summed E-state index contributed by atoms with van der Waals surface area (Å²) in [5.41, 5.74) is 0.715. The van der Waals surface area contributed by atoms with Crippen molar-refractivity contribution in [3.63, 3.8) is 0 Å². The number of carboxylic acid groups (broad SMARTS) is 2. The van der Waals surface area contributed by atoms with Crippen molar-refractivity contribution in [1.82, 2.24) is 5.32 Å². The van der Waals surface area contributed by atoms with Crippen LogP contribution in [0.1, 0.15) is 31.2 Å². The summed E-state index contributed by atoms with van der Waals surface area (Å²) in [4.78, 5) is 47.3. The van der Waals surface area contributed by atoms with Crippen LogP contribution in [0.3, 0.4) is 0 Å². The predicted molar refractivity (Wildman–Crippen MR) is 125 cm³/mol. The molecule has 1 aliphatic heterocycles. The standard InChI is InChI=1S/C24H20N2O8S/c27-20(13-6-8-15(9-7-13)34-14-4-2-1-3-5-14)25-11-16-10-17-18(12-33-16)35-22(19(17)23(29)30)26-21(28)24(31)32/h1-9,16H,10-12H2,(H,25,27)(H,26,28)(H,29,30)(H,31,32). The second-order valence-corrected chi connectivity index (χ2v) is 8.66. The molecule has 180 valence electrons. The van der Waals surface area contributed by atoms with Crippen LogP contribution < -0.4 is 15.4 Å². The molecule has 11 heteroatoms. The van der Waals surface area contributed by atoms with Crippen molar-refractivity contribution in [3.8, 4) is 11.5 Å². The van der Waals surface area contributed by atoms with Gasteiger partial charge in [-0.2, -0.15) is 0 Å². The summed E-state index contributed by atoms with van der Waals surface area (Å²) >= 11 is 0.961. The zero-order valence-corrected chi connectivity index (χ0v) is 19.0. The number of carboxylic acids is 2. The molecule has 1 aliphatic rings. The fraction of sp³-hybridized carbons (Fsp3) is 0.167. The van der Waals surface area contributed by atoms with Crippen molar-refractivity contribution in [3.05, 3.63) is 76.2 Å². The predicted octanol–water partition coefficient (Wildman–Crippen LogP) is 3.13. The number of aromatic carboxylic acids is 1. The van der Waals surface area contributed by atoms with Crippen LogP contribution in [0.25, 0.3) is 0 Å². The summed E-state index contributed by atoms with van der Waals surface area (Å²) in [5, 5.41) is 23.2. The number of para-hydroxylation sites is 1. The van der Waals surface area contributed by atoms with Gasteiger partial charge in [0.05, 0.1) is 18.3 Å². The van der Waals surface area contributed by atoms with E-state index in [9.17, 15) is 24.3 Å². The Balaban J connectivity index is 1.37. The molecule has 0 fully saturated rings. The second kappa shape index (κ2) is 10.4. The number of hydrogen-bond donors (Lipinski definition) is 4. The molecule has 4 N–H and O–H groups in total. The number of fused-ring (bicyclic) bond motifs is 1. The molecule has 0 bridgehead atoms. The Morgan fingerprint density at radius 2 is 1.69 bits per heavy atom. The molecule has 2 aromatic carbocycles. The highest BCUT2D eigenvalue weighted by molar-refractivity contribution is 7.17. The minimum atomic E-state index is -1.72. The van der Waals surface area contributed by atoms with E-state index in [1.54, 1.807) is 24.3 Å². The molecule has 4 rings (SSSR count). The molecule has 10 nitrogen and oxygen atoms in total. The number of rotatable bonds is 7. The molecule has 3 aromatic rings. The number of carbonyl (C=O) groups is 4. The van der Waals surface area contributed by atoms with Crippen molar-refractivity contribution in [2.24, 2.45) is 0 Å². The topological polar surface area (TPSA) is 151 Å². The first-order valence-electron chi connectivity index (χ1n) is 10.5. The van der Waals surface area contributed by atoms with E-state index in [1.807, 2.05) is 30.3 Å². The normalized spacial score (nSPS) is 14.5. The van der Waals surface area contributed by atoms with Gasteiger partial charge in [0, 0.05) is 23.4 Å². The zero-order chi connectivity index (χ0) is 24.9. The van der Waals surface area contributed by atoms with E-state index >= 15 is 0 Å².